The molecule has 1 unspecified atom stereocenters. The lowest BCUT2D eigenvalue weighted by Gasteiger charge is -2.31. The van der Waals surface area contributed by atoms with Crippen molar-refractivity contribution in [1.82, 2.24) is 20.1 Å². The molecular weight excluding hydrogens is 298 g/mol. The van der Waals surface area contributed by atoms with Crippen LogP contribution in [0.25, 0.3) is 0 Å². The van der Waals surface area contributed by atoms with Gasteiger partial charge in [0.05, 0.1) is 13.2 Å². The molecule has 8 heteroatoms. The minimum atomic E-state index is -0.400. The molecule has 2 aromatic rings. The third kappa shape index (κ3) is 3.65. The molecule has 0 bridgehead atoms. The maximum Gasteiger partial charge on any atom is 0.323 e. The smallest absolute Gasteiger partial charge is 0.323 e. The number of carbonyl (C=O) groups is 1. The highest BCUT2D eigenvalue weighted by Crippen LogP contribution is 2.21. The largest absolute Gasteiger partial charge is 0.423 e. The zero-order valence-electron chi connectivity index (χ0n) is 13.4. The van der Waals surface area contributed by atoms with Crippen LogP contribution in [-0.4, -0.2) is 45.8 Å². The molecule has 1 saturated heterocycles. The Morgan fingerprint density at radius 3 is 2.83 bits per heavy atom. The van der Waals surface area contributed by atoms with E-state index in [1.165, 1.54) is 0 Å². The standard InChI is InChI=1S/C15H19N5O3/c1-9-6-10(2)16-13(7-9)17-15(21)20-4-5-22-12(8-20)14-19-18-11(3)23-14/h6-7,12H,4-5,8H2,1-3H3,(H,16,17,21). The Bertz CT molecular complexity index is 695. The summed E-state index contributed by atoms with van der Waals surface area (Å²) < 4.78 is 11.0. The van der Waals surface area contributed by atoms with Gasteiger partial charge in [0.25, 0.3) is 0 Å². The summed E-state index contributed by atoms with van der Waals surface area (Å²) in [5.74, 6) is 1.42. The van der Waals surface area contributed by atoms with Crippen molar-refractivity contribution in [2.75, 3.05) is 25.0 Å². The van der Waals surface area contributed by atoms with E-state index < -0.39 is 6.10 Å². The predicted octanol–water partition coefficient (Wildman–Crippen LogP) is 2.00. The number of morpholine rings is 1. The van der Waals surface area contributed by atoms with Gasteiger partial charge in [0, 0.05) is 19.2 Å². The topological polar surface area (TPSA) is 93.4 Å². The Labute approximate surface area is 133 Å². The maximum absolute atomic E-state index is 12.4. The average Bonchev–Trinajstić information content (AvgIpc) is 2.93. The number of pyridine rings is 1. The number of rotatable bonds is 2. The van der Waals surface area contributed by atoms with Crippen LogP contribution >= 0.6 is 0 Å². The van der Waals surface area contributed by atoms with Crippen molar-refractivity contribution < 1.29 is 13.9 Å². The van der Waals surface area contributed by atoms with Crippen LogP contribution in [0.1, 0.15) is 29.1 Å². The van der Waals surface area contributed by atoms with Crippen LogP contribution in [-0.2, 0) is 4.74 Å². The van der Waals surface area contributed by atoms with Gasteiger partial charge in [0.2, 0.25) is 11.8 Å². The van der Waals surface area contributed by atoms with Gasteiger partial charge in [-0.15, -0.1) is 10.2 Å². The van der Waals surface area contributed by atoms with Gasteiger partial charge >= 0.3 is 6.03 Å². The Hall–Kier alpha value is -2.48. The molecule has 0 spiro atoms. The van der Waals surface area contributed by atoms with Crippen LogP contribution in [0.15, 0.2) is 16.5 Å². The first-order valence-electron chi connectivity index (χ1n) is 7.44. The second-order valence-electron chi connectivity index (χ2n) is 5.57. The molecule has 1 aliphatic rings. The number of aryl methyl sites for hydroxylation is 3. The van der Waals surface area contributed by atoms with Crippen molar-refractivity contribution in [3.8, 4) is 0 Å². The van der Waals surface area contributed by atoms with Crippen LogP contribution in [0.5, 0.6) is 0 Å². The van der Waals surface area contributed by atoms with Gasteiger partial charge < -0.3 is 14.1 Å². The Morgan fingerprint density at radius 1 is 1.30 bits per heavy atom. The molecule has 0 saturated carbocycles. The van der Waals surface area contributed by atoms with Crippen LogP contribution in [0, 0.1) is 20.8 Å². The van der Waals surface area contributed by atoms with Gasteiger partial charge in [-0.1, -0.05) is 0 Å². The predicted molar refractivity (Wildman–Crippen MR) is 82.0 cm³/mol. The molecule has 23 heavy (non-hydrogen) atoms. The fourth-order valence-electron chi connectivity index (χ4n) is 2.52. The maximum atomic E-state index is 12.4. The molecular formula is C15H19N5O3. The zero-order valence-corrected chi connectivity index (χ0v) is 13.4. The molecule has 0 aromatic carbocycles. The van der Waals surface area contributed by atoms with E-state index in [4.69, 9.17) is 9.15 Å². The van der Waals surface area contributed by atoms with Crippen molar-refractivity contribution in [1.29, 1.82) is 0 Å². The second-order valence-corrected chi connectivity index (χ2v) is 5.57. The Balaban J connectivity index is 1.67. The van der Waals surface area contributed by atoms with E-state index in [1.54, 1.807) is 11.8 Å². The van der Waals surface area contributed by atoms with Gasteiger partial charge in [-0.05, 0) is 31.5 Å². The molecule has 1 N–H and O–H groups in total. The van der Waals surface area contributed by atoms with Crippen LogP contribution in [0.4, 0.5) is 10.6 Å². The highest BCUT2D eigenvalue weighted by atomic mass is 16.5. The lowest BCUT2D eigenvalue weighted by Crippen LogP contribution is -2.44. The molecule has 3 heterocycles. The van der Waals surface area contributed by atoms with Crippen molar-refractivity contribution in [2.45, 2.75) is 26.9 Å². The van der Waals surface area contributed by atoms with E-state index >= 15 is 0 Å². The normalized spacial score (nSPS) is 18.0. The highest BCUT2D eigenvalue weighted by Gasteiger charge is 2.29. The third-order valence-corrected chi connectivity index (χ3v) is 3.50. The van der Waals surface area contributed by atoms with E-state index in [9.17, 15) is 4.79 Å². The van der Waals surface area contributed by atoms with E-state index in [0.717, 1.165) is 11.3 Å². The number of hydrogen-bond donors (Lipinski definition) is 1. The van der Waals surface area contributed by atoms with Gasteiger partial charge in [-0.3, -0.25) is 5.32 Å². The second kappa shape index (κ2) is 6.33. The summed E-state index contributed by atoms with van der Waals surface area (Å²) >= 11 is 0. The SMILES string of the molecule is Cc1cc(C)nc(NC(=O)N2CCOC(c3nnc(C)o3)C2)c1. The third-order valence-electron chi connectivity index (χ3n) is 3.50. The van der Waals surface area contributed by atoms with Gasteiger partial charge in [-0.2, -0.15) is 0 Å². The van der Waals surface area contributed by atoms with E-state index in [0.29, 0.717) is 37.3 Å². The summed E-state index contributed by atoms with van der Waals surface area (Å²) in [7, 11) is 0. The summed E-state index contributed by atoms with van der Waals surface area (Å²) in [6.07, 6.45) is -0.400. The van der Waals surface area contributed by atoms with E-state index in [1.807, 2.05) is 26.0 Å². The van der Waals surface area contributed by atoms with Crippen LogP contribution < -0.4 is 5.32 Å². The summed E-state index contributed by atoms with van der Waals surface area (Å²) in [5.41, 5.74) is 1.91. The minimum absolute atomic E-state index is 0.216. The molecule has 1 aliphatic heterocycles. The first-order chi connectivity index (χ1) is 11.0. The fourth-order valence-corrected chi connectivity index (χ4v) is 2.52. The Morgan fingerprint density at radius 2 is 2.13 bits per heavy atom. The van der Waals surface area contributed by atoms with Gasteiger partial charge in [0.1, 0.15) is 5.82 Å². The number of hydrogen-bond acceptors (Lipinski definition) is 6. The molecule has 1 atom stereocenters. The number of amides is 2. The number of nitrogens with zero attached hydrogens (tertiary/aromatic N) is 4. The monoisotopic (exact) mass is 317 g/mol. The van der Waals surface area contributed by atoms with Gasteiger partial charge in [-0.25, -0.2) is 9.78 Å². The molecule has 0 radical (unpaired) electrons. The lowest BCUT2D eigenvalue weighted by molar-refractivity contribution is -0.0274. The van der Waals surface area contributed by atoms with Crippen molar-refractivity contribution in [3.63, 3.8) is 0 Å². The number of ether oxygens (including phenoxy) is 1. The summed E-state index contributed by atoms with van der Waals surface area (Å²) in [6.45, 7) is 6.85. The minimum Gasteiger partial charge on any atom is -0.423 e. The average molecular weight is 317 g/mol. The molecule has 2 amide bonds. The molecule has 8 nitrogen and oxygen atoms in total. The first kappa shape index (κ1) is 15.4. The summed E-state index contributed by atoms with van der Waals surface area (Å²) in [6, 6.07) is 3.58. The molecule has 1 fully saturated rings. The van der Waals surface area contributed by atoms with E-state index in [-0.39, 0.29) is 6.03 Å². The van der Waals surface area contributed by atoms with Crippen LogP contribution in [0.3, 0.4) is 0 Å². The number of nitrogens with one attached hydrogen (secondary N) is 1. The summed E-state index contributed by atoms with van der Waals surface area (Å²) in [5, 5.41) is 10.6. The molecule has 3 rings (SSSR count). The van der Waals surface area contributed by atoms with Crippen molar-refractivity contribution >= 4 is 11.8 Å². The van der Waals surface area contributed by atoms with E-state index in [2.05, 4.69) is 20.5 Å². The fraction of sp³-hybridized carbons (Fsp3) is 0.467. The molecule has 122 valence electrons. The van der Waals surface area contributed by atoms with Crippen LogP contribution in [0.2, 0.25) is 0 Å². The number of carbonyl (C=O) groups excluding carboxylic acids is 1. The van der Waals surface area contributed by atoms with Gasteiger partial charge in [0.15, 0.2) is 6.10 Å². The highest BCUT2D eigenvalue weighted by molar-refractivity contribution is 5.88. The number of anilines is 1. The molecule has 0 aliphatic carbocycles. The lowest BCUT2D eigenvalue weighted by atomic mass is 10.2. The quantitative estimate of drug-likeness (QED) is 0.910. The summed E-state index contributed by atoms with van der Waals surface area (Å²) in [4.78, 5) is 18.4. The Kier molecular flexibility index (Phi) is 4.24. The number of urea groups is 1. The first-order valence-corrected chi connectivity index (χ1v) is 7.44. The number of aromatic nitrogens is 3. The van der Waals surface area contributed by atoms with Crippen molar-refractivity contribution in [2.24, 2.45) is 0 Å². The molecule has 2 aromatic heterocycles. The zero-order chi connectivity index (χ0) is 16.4. The van der Waals surface area contributed by atoms with Crippen molar-refractivity contribution in [3.05, 3.63) is 35.2 Å².